The zero-order chi connectivity index (χ0) is 14.6. The summed E-state index contributed by atoms with van der Waals surface area (Å²) in [6, 6.07) is 4.17. The van der Waals surface area contributed by atoms with Gasteiger partial charge in [-0.3, -0.25) is 16.3 Å². The monoisotopic (exact) mass is 277 g/mol. The maximum absolute atomic E-state index is 5.93. The van der Waals surface area contributed by atoms with Gasteiger partial charge in [-0.1, -0.05) is 19.9 Å². The molecule has 1 fully saturated rings. The Hall–Kier alpha value is -0.970. The summed E-state index contributed by atoms with van der Waals surface area (Å²) in [6.45, 7) is 4.66. The van der Waals surface area contributed by atoms with Crippen molar-refractivity contribution in [3.05, 3.63) is 30.1 Å². The van der Waals surface area contributed by atoms with Crippen LogP contribution in [0, 0.1) is 5.41 Å². The molecule has 0 aliphatic heterocycles. The average molecular weight is 277 g/mol. The molecule has 0 saturated heterocycles. The molecule has 2 rings (SSSR count). The molecule has 112 valence electrons. The molecule has 0 spiro atoms. The van der Waals surface area contributed by atoms with Gasteiger partial charge in [-0.25, -0.2) is 0 Å². The zero-order valence-electron chi connectivity index (χ0n) is 12.9. The maximum Gasteiger partial charge on any atom is 0.0848 e. The number of nitrogens with two attached hydrogens (primary N) is 1. The largest absolute Gasteiger partial charge is 0.377 e. The van der Waals surface area contributed by atoms with E-state index >= 15 is 0 Å². The van der Waals surface area contributed by atoms with Crippen LogP contribution in [0.5, 0.6) is 0 Å². The molecule has 0 aromatic carbocycles. The minimum atomic E-state index is -0.167. The van der Waals surface area contributed by atoms with Crippen molar-refractivity contribution >= 4 is 0 Å². The lowest BCUT2D eigenvalue weighted by atomic mass is 9.68. The van der Waals surface area contributed by atoms with Crippen molar-refractivity contribution in [3.63, 3.8) is 0 Å². The minimum absolute atomic E-state index is 0.118. The van der Waals surface area contributed by atoms with Crippen LogP contribution in [-0.2, 0) is 11.2 Å². The summed E-state index contributed by atoms with van der Waals surface area (Å²) in [5, 5.41) is 0. The Morgan fingerprint density at radius 1 is 1.35 bits per heavy atom. The molecule has 1 aliphatic carbocycles. The number of hydrogen-bond donors (Lipinski definition) is 2. The standard InChI is InChI=1S/C16H27N3O/c1-15(2)6-8-16(20-3,9-7-15)14(19-17)11-13-5-4-10-18-12-13/h4-5,10,12,14,19H,6-9,11,17H2,1-3H3. The molecule has 1 aliphatic rings. The Morgan fingerprint density at radius 3 is 2.55 bits per heavy atom. The predicted octanol–water partition coefficient (Wildman–Crippen LogP) is 2.44. The van der Waals surface area contributed by atoms with Crippen LogP contribution in [0.15, 0.2) is 24.5 Å². The van der Waals surface area contributed by atoms with E-state index in [0.29, 0.717) is 5.41 Å². The van der Waals surface area contributed by atoms with Gasteiger partial charge in [-0.05, 0) is 49.1 Å². The third kappa shape index (κ3) is 3.37. The summed E-state index contributed by atoms with van der Waals surface area (Å²) in [7, 11) is 1.81. The highest BCUT2D eigenvalue weighted by Crippen LogP contribution is 2.43. The molecule has 1 saturated carbocycles. The molecule has 1 aromatic rings. The van der Waals surface area contributed by atoms with Gasteiger partial charge < -0.3 is 4.74 Å². The Labute approximate surface area is 122 Å². The lowest BCUT2D eigenvalue weighted by molar-refractivity contribution is -0.0862. The summed E-state index contributed by atoms with van der Waals surface area (Å²) in [5.74, 6) is 5.83. The van der Waals surface area contributed by atoms with Crippen LogP contribution in [0.25, 0.3) is 0 Å². The van der Waals surface area contributed by atoms with Crippen LogP contribution >= 0.6 is 0 Å². The number of ether oxygens (including phenoxy) is 1. The molecule has 4 nitrogen and oxygen atoms in total. The molecule has 0 bridgehead atoms. The zero-order valence-corrected chi connectivity index (χ0v) is 12.9. The number of rotatable bonds is 5. The highest BCUT2D eigenvalue weighted by molar-refractivity contribution is 5.13. The van der Waals surface area contributed by atoms with Crippen molar-refractivity contribution in [2.45, 2.75) is 57.6 Å². The van der Waals surface area contributed by atoms with E-state index in [1.165, 1.54) is 18.4 Å². The van der Waals surface area contributed by atoms with Gasteiger partial charge in [0.2, 0.25) is 0 Å². The summed E-state index contributed by atoms with van der Waals surface area (Å²) in [6.07, 6.45) is 8.98. The average Bonchev–Trinajstić information content (AvgIpc) is 2.47. The second-order valence-corrected chi connectivity index (χ2v) is 6.72. The minimum Gasteiger partial charge on any atom is -0.377 e. The molecule has 1 unspecified atom stereocenters. The first-order chi connectivity index (χ1) is 9.51. The van der Waals surface area contributed by atoms with Crippen molar-refractivity contribution in [2.24, 2.45) is 11.3 Å². The molecule has 4 heteroatoms. The Kier molecular flexibility index (Phi) is 4.78. The first kappa shape index (κ1) is 15.4. The molecule has 1 heterocycles. The van der Waals surface area contributed by atoms with Crippen molar-refractivity contribution < 1.29 is 4.74 Å². The highest BCUT2D eigenvalue weighted by atomic mass is 16.5. The fourth-order valence-corrected chi connectivity index (χ4v) is 3.20. The molecule has 3 N–H and O–H groups in total. The Balaban J connectivity index is 2.12. The van der Waals surface area contributed by atoms with Crippen molar-refractivity contribution in [3.8, 4) is 0 Å². The third-order valence-corrected chi connectivity index (χ3v) is 4.86. The van der Waals surface area contributed by atoms with Crippen molar-refractivity contribution in [2.75, 3.05) is 7.11 Å². The van der Waals surface area contributed by atoms with Gasteiger partial charge in [0.1, 0.15) is 0 Å². The van der Waals surface area contributed by atoms with E-state index < -0.39 is 0 Å². The molecule has 1 atom stereocenters. The van der Waals surface area contributed by atoms with E-state index in [-0.39, 0.29) is 11.6 Å². The van der Waals surface area contributed by atoms with E-state index in [1.807, 2.05) is 19.4 Å². The lowest BCUT2D eigenvalue weighted by Crippen LogP contribution is -2.57. The van der Waals surface area contributed by atoms with E-state index in [9.17, 15) is 0 Å². The Morgan fingerprint density at radius 2 is 2.05 bits per heavy atom. The molecular formula is C16H27N3O. The van der Waals surface area contributed by atoms with Crippen molar-refractivity contribution in [1.29, 1.82) is 0 Å². The highest BCUT2D eigenvalue weighted by Gasteiger charge is 2.43. The topological polar surface area (TPSA) is 60.2 Å². The van der Waals surface area contributed by atoms with Gasteiger partial charge in [0, 0.05) is 19.5 Å². The molecule has 20 heavy (non-hydrogen) atoms. The third-order valence-electron chi connectivity index (χ3n) is 4.86. The second kappa shape index (κ2) is 6.20. The first-order valence-electron chi connectivity index (χ1n) is 7.41. The maximum atomic E-state index is 5.93. The number of aromatic nitrogens is 1. The van der Waals surface area contributed by atoms with E-state index in [2.05, 4.69) is 30.3 Å². The molecular weight excluding hydrogens is 250 g/mol. The van der Waals surface area contributed by atoms with Gasteiger partial charge in [-0.2, -0.15) is 0 Å². The molecule has 0 radical (unpaired) electrons. The summed E-state index contributed by atoms with van der Waals surface area (Å²) >= 11 is 0. The quantitative estimate of drug-likeness (QED) is 0.641. The van der Waals surface area contributed by atoms with E-state index in [4.69, 9.17) is 10.6 Å². The fourth-order valence-electron chi connectivity index (χ4n) is 3.20. The molecule has 1 aromatic heterocycles. The summed E-state index contributed by atoms with van der Waals surface area (Å²) in [5.41, 5.74) is 4.42. The Bertz CT molecular complexity index is 409. The summed E-state index contributed by atoms with van der Waals surface area (Å²) < 4.78 is 5.93. The van der Waals surface area contributed by atoms with Gasteiger partial charge in [0.15, 0.2) is 0 Å². The van der Waals surface area contributed by atoms with Crippen molar-refractivity contribution in [1.82, 2.24) is 10.4 Å². The fraction of sp³-hybridized carbons (Fsp3) is 0.688. The SMILES string of the molecule is COC1(C(Cc2cccnc2)NN)CCC(C)(C)CC1. The van der Waals surface area contributed by atoms with Crippen LogP contribution in [-0.4, -0.2) is 23.7 Å². The number of hydrazine groups is 1. The van der Waals surface area contributed by atoms with Crippen LogP contribution in [0.2, 0.25) is 0 Å². The van der Waals surface area contributed by atoms with Gasteiger partial charge >= 0.3 is 0 Å². The first-order valence-corrected chi connectivity index (χ1v) is 7.41. The number of pyridine rings is 1. The number of methoxy groups -OCH3 is 1. The smallest absolute Gasteiger partial charge is 0.0848 e. The number of hydrogen-bond acceptors (Lipinski definition) is 4. The number of nitrogens with zero attached hydrogens (tertiary/aromatic N) is 1. The van der Waals surface area contributed by atoms with Crippen LogP contribution in [0.4, 0.5) is 0 Å². The van der Waals surface area contributed by atoms with Crippen LogP contribution in [0.1, 0.15) is 45.1 Å². The lowest BCUT2D eigenvalue weighted by Gasteiger charge is -2.46. The van der Waals surface area contributed by atoms with Gasteiger partial charge in [-0.15, -0.1) is 0 Å². The molecule has 0 amide bonds. The predicted molar refractivity (Wildman–Crippen MR) is 81.0 cm³/mol. The van der Waals surface area contributed by atoms with Crippen LogP contribution < -0.4 is 11.3 Å². The summed E-state index contributed by atoms with van der Waals surface area (Å²) in [4.78, 5) is 4.18. The van der Waals surface area contributed by atoms with E-state index in [1.54, 1.807) is 6.20 Å². The van der Waals surface area contributed by atoms with Gasteiger partial charge in [0.25, 0.3) is 0 Å². The van der Waals surface area contributed by atoms with E-state index in [0.717, 1.165) is 19.3 Å². The number of nitrogens with one attached hydrogen (secondary N) is 1. The van der Waals surface area contributed by atoms with Crippen LogP contribution in [0.3, 0.4) is 0 Å². The van der Waals surface area contributed by atoms with Gasteiger partial charge in [0.05, 0.1) is 11.6 Å². The normalized spacial score (nSPS) is 22.4. The second-order valence-electron chi connectivity index (χ2n) is 6.72.